The predicted octanol–water partition coefficient (Wildman–Crippen LogP) is 5.63. The summed E-state index contributed by atoms with van der Waals surface area (Å²) in [6.07, 6.45) is -3.83. The van der Waals surface area contributed by atoms with E-state index in [0.717, 1.165) is 17.5 Å². The molecule has 3 aromatic carbocycles. The van der Waals surface area contributed by atoms with Crippen molar-refractivity contribution in [2.75, 3.05) is 0 Å². The molecule has 4 rings (SSSR count). The maximum absolute atomic E-state index is 12.3. The number of fused-ring (bicyclic) bond motifs is 3. The molecule has 27 heavy (non-hydrogen) atoms. The number of benzene rings is 3. The van der Waals surface area contributed by atoms with Crippen LogP contribution in [-0.4, -0.2) is 6.36 Å². The van der Waals surface area contributed by atoms with Gasteiger partial charge in [-0.2, -0.15) is 0 Å². The third kappa shape index (κ3) is 3.94. The third-order valence-electron chi connectivity index (χ3n) is 4.65. The smallest absolute Gasteiger partial charge is 0.406 e. The Balaban J connectivity index is 0.00000210. The summed E-state index contributed by atoms with van der Waals surface area (Å²) in [5.41, 5.74) is 13.0. The maximum Gasteiger partial charge on any atom is 0.573 e. The van der Waals surface area contributed by atoms with Gasteiger partial charge in [-0.25, -0.2) is 0 Å². The largest absolute Gasteiger partial charge is 0.573 e. The standard InChI is InChI=1S/C21H16F3NO.ClH/c22-21(23,24)26-17-8-5-13(6-9-17)20(25)15-7-10-19-16(12-15)11-14-3-1-2-4-18(14)19;/h1-10,12,20H,11,25H2;1H/t20-;/m1./s1. The zero-order valence-electron chi connectivity index (χ0n) is 14.2. The highest BCUT2D eigenvalue weighted by Crippen LogP contribution is 2.38. The zero-order chi connectivity index (χ0) is 18.3. The highest BCUT2D eigenvalue weighted by molar-refractivity contribution is 5.85. The topological polar surface area (TPSA) is 35.2 Å². The highest BCUT2D eigenvalue weighted by Gasteiger charge is 2.31. The van der Waals surface area contributed by atoms with Crippen LogP contribution in [0.3, 0.4) is 0 Å². The summed E-state index contributed by atoms with van der Waals surface area (Å²) < 4.78 is 40.7. The minimum atomic E-state index is -4.70. The minimum Gasteiger partial charge on any atom is -0.406 e. The zero-order valence-corrected chi connectivity index (χ0v) is 15.0. The van der Waals surface area contributed by atoms with Crippen LogP contribution >= 0.6 is 12.4 Å². The molecule has 0 aliphatic heterocycles. The van der Waals surface area contributed by atoms with Crippen molar-refractivity contribution in [1.29, 1.82) is 0 Å². The molecule has 0 bridgehead atoms. The van der Waals surface area contributed by atoms with E-state index < -0.39 is 12.4 Å². The van der Waals surface area contributed by atoms with Crippen molar-refractivity contribution in [1.82, 2.24) is 0 Å². The first-order chi connectivity index (χ1) is 12.4. The Kier molecular flexibility index (Phi) is 5.18. The number of alkyl halides is 3. The normalized spacial score (nSPS) is 13.3. The highest BCUT2D eigenvalue weighted by atomic mass is 35.5. The van der Waals surface area contributed by atoms with Crippen LogP contribution in [0.2, 0.25) is 0 Å². The first-order valence-electron chi connectivity index (χ1n) is 8.23. The molecule has 1 aliphatic rings. The summed E-state index contributed by atoms with van der Waals surface area (Å²) in [4.78, 5) is 0. The van der Waals surface area contributed by atoms with Crippen molar-refractivity contribution in [2.24, 2.45) is 5.73 Å². The molecule has 2 N–H and O–H groups in total. The van der Waals surface area contributed by atoms with Crippen LogP contribution < -0.4 is 10.5 Å². The van der Waals surface area contributed by atoms with E-state index in [2.05, 4.69) is 29.0 Å². The first-order valence-corrected chi connectivity index (χ1v) is 8.23. The van der Waals surface area contributed by atoms with Gasteiger partial charge in [-0.1, -0.05) is 54.6 Å². The molecule has 6 heteroatoms. The summed E-state index contributed by atoms with van der Waals surface area (Å²) in [6, 6.07) is 19.7. The Morgan fingerprint density at radius 2 is 1.44 bits per heavy atom. The second-order valence-corrected chi connectivity index (χ2v) is 6.35. The van der Waals surface area contributed by atoms with Gasteiger partial charge in [-0.15, -0.1) is 25.6 Å². The summed E-state index contributed by atoms with van der Waals surface area (Å²) in [5.74, 6) is -0.252. The van der Waals surface area contributed by atoms with Crippen molar-refractivity contribution in [2.45, 2.75) is 18.8 Å². The summed E-state index contributed by atoms with van der Waals surface area (Å²) in [7, 11) is 0. The summed E-state index contributed by atoms with van der Waals surface area (Å²) in [6.45, 7) is 0. The Labute approximate surface area is 161 Å². The van der Waals surface area contributed by atoms with Crippen LogP contribution in [0, 0.1) is 0 Å². The van der Waals surface area contributed by atoms with Gasteiger partial charge in [-0.05, 0) is 51.9 Å². The molecule has 0 saturated heterocycles. The van der Waals surface area contributed by atoms with E-state index in [1.807, 2.05) is 18.2 Å². The van der Waals surface area contributed by atoms with Crippen LogP contribution in [0.1, 0.15) is 28.3 Å². The second kappa shape index (κ2) is 7.25. The monoisotopic (exact) mass is 391 g/mol. The van der Waals surface area contributed by atoms with Crippen molar-refractivity contribution < 1.29 is 17.9 Å². The van der Waals surface area contributed by atoms with E-state index in [1.165, 1.54) is 34.4 Å². The van der Waals surface area contributed by atoms with Gasteiger partial charge in [0.15, 0.2) is 0 Å². The molecule has 0 saturated carbocycles. The fourth-order valence-electron chi connectivity index (χ4n) is 3.43. The van der Waals surface area contributed by atoms with E-state index in [-0.39, 0.29) is 18.2 Å². The van der Waals surface area contributed by atoms with Crippen molar-refractivity contribution >= 4 is 12.4 Å². The van der Waals surface area contributed by atoms with Crippen LogP contribution in [-0.2, 0) is 6.42 Å². The Morgan fingerprint density at radius 3 is 2.15 bits per heavy atom. The molecule has 0 aromatic heterocycles. The van der Waals surface area contributed by atoms with Crippen LogP contribution in [0.4, 0.5) is 13.2 Å². The lowest BCUT2D eigenvalue weighted by Gasteiger charge is -2.15. The van der Waals surface area contributed by atoms with Gasteiger partial charge in [0, 0.05) is 0 Å². The Hall–Kier alpha value is -2.50. The maximum atomic E-state index is 12.3. The van der Waals surface area contributed by atoms with Crippen LogP contribution in [0.25, 0.3) is 11.1 Å². The van der Waals surface area contributed by atoms with Gasteiger partial charge in [0.05, 0.1) is 6.04 Å². The lowest BCUT2D eigenvalue weighted by atomic mass is 9.95. The average molecular weight is 392 g/mol. The van der Waals surface area contributed by atoms with E-state index in [1.54, 1.807) is 12.1 Å². The van der Waals surface area contributed by atoms with Gasteiger partial charge in [0.2, 0.25) is 0 Å². The molecule has 0 heterocycles. The van der Waals surface area contributed by atoms with Crippen LogP contribution in [0.5, 0.6) is 5.75 Å². The number of hydrogen-bond donors (Lipinski definition) is 1. The van der Waals surface area contributed by atoms with E-state index in [4.69, 9.17) is 5.73 Å². The summed E-state index contributed by atoms with van der Waals surface area (Å²) in [5, 5.41) is 0. The van der Waals surface area contributed by atoms with Crippen molar-refractivity contribution in [3.8, 4) is 16.9 Å². The van der Waals surface area contributed by atoms with Gasteiger partial charge in [0.25, 0.3) is 0 Å². The molecule has 0 fully saturated rings. The van der Waals surface area contributed by atoms with Crippen molar-refractivity contribution in [3.05, 3.63) is 89.0 Å². The Morgan fingerprint density at radius 1 is 0.815 bits per heavy atom. The quantitative estimate of drug-likeness (QED) is 0.491. The van der Waals surface area contributed by atoms with Crippen LogP contribution in [0.15, 0.2) is 66.7 Å². The van der Waals surface area contributed by atoms with E-state index >= 15 is 0 Å². The van der Waals surface area contributed by atoms with Gasteiger partial charge >= 0.3 is 6.36 Å². The molecule has 3 aromatic rings. The fraction of sp³-hybridized carbons (Fsp3) is 0.143. The molecule has 2 nitrogen and oxygen atoms in total. The summed E-state index contributed by atoms with van der Waals surface area (Å²) >= 11 is 0. The predicted molar refractivity (Wildman–Crippen MR) is 101 cm³/mol. The number of nitrogens with two attached hydrogens (primary N) is 1. The molecule has 0 unspecified atom stereocenters. The molecule has 0 spiro atoms. The minimum absolute atomic E-state index is 0. The third-order valence-corrected chi connectivity index (χ3v) is 4.65. The Bertz CT molecular complexity index is 954. The number of halogens is 4. The van der Waals surface area contributed by atoms with Gasteiger partial charge < -0.3 is 10.5 Å². The lowest BCUT2D eigenvalue weighted by Crippen LogP contribution is -2.17. The van der Waals surface area contributed by atoms with E-state index in [9.17, 15) is 13.2 Å². The van der Waals surface area contributed by atoms with Gasteiger partial charge in [0.1, 0.15) is 5.75 Å². The average Bonchev–Trinajstić information content (AvgIpc) is 2.98. The number of rotatable bonds is 3. The molecule has 140 valence electrons. The second-order valence-electron chi connectivity index (χ2n) is 6.35. The SMILES string of the molecule is Cl.N[C@H](c1ccc(OC(F)(F)F)cc1)c1ccc2c(c1)Cc1ccccc1-2. The number of ether oxygens (including phenoxy) is 1. The number of hydrogen-bond acceptors (Lipinski definition) is 2. The molecular formula is C21H17ClF3NO. The first kappa shape index (κ1) is 19.3. The molecular weight excluding hydrogens is 375 g/mol. The fourth-order valence-corrected chi connectivity index (χ4v) is 3.43. The molecule has 0 amide bonds. The molecule has 0 radical (unpaired) electrons. The van der Waals surface area contributed by atoms with Crippen molar-refractivity contribution in [3.63, 3.8) is 0 Å². The van der Waals surface area contributed by atoms with Gasteiger partial charge in [-0.3, -0.25) is 0 Å². The lowest BCUT2D eigenvalue weighted by molar-refractivity contribution is -0.274. The molecule has 1 atom stereocenters. The van der Waals surface area contributed by atoms with E-state index in [0.29, 0.717) is 0 Å². The molecule has 1 aliphatic carbocycles.